The van der Waals surface area contributed by atoms with Gasteiger partial charge in [0, 0.05) is 37.7 Å². The van der Waals surface area contributed by atoms with Crippen molar-refractivity contribution in [3.8, 4) is 11.5 Å². The molecule has 2 aromatic rings. The van der Waals surface area contributed by atoms with Crippen LogP contribution in [-0.4, -0.2) is 66.3 Å². The Balaban J connectivity index is 1.57. The Morgan fingerprint density at radius 3 is 2.41 bits per heavy atom. The molecule has 8 nitrogen and oxygen atoms in total. The van der Waals surface area contributed by atoms with Crippen LogP contribution in [0.4, 0.5) is 0 Å². The van der Waals surface area contributed by atoms with Crippen LogP contribution in [0.2, 0.25) is 0 Å². The molecule has 1 fully saturated rings. The maximum atomic E-state index is 12.8. The van der Waals surface area contributed by atoms with Crippen LogP contribution < -0.4 is 9.47 Å². The van der Waals surface area contributed by atoms with Crippen molar-refractivity contribution >= 4 is 5.91 Å². The molecule has 0 radical (unpaired) electrons. The highest BCUT2D eigenvalue weighted by molar-refractivity contribution is 5.95. The first-order valence-corrected chi connectivity index (χ1v) is 9.07. The van der Waals surface area contributed by atoms with Gasteiger partial charge in [-0.3, -0.25) is 9.69 Å². The van der Waals surface area contributed by atoms with Gasteiger partial charge in [-0.1, -0.05) is 13.8 Å². The van der Waals surface area contributed by atoms with E-state index < -0.39 is 0 Å². The lowest BCUT2D eigenvalue weighted by Gasteiger charge is -2.34. The lowest BCUT2D eigenvalue weighted by molar-refractivity contribution is 0.0617. The molecule has 1 aliphatic heterocycles. The number of nitrogens with zero attached hydrogens (tertiary/aromatic N) is 4. The van der Waals surface area contributed by atoms with Crippen LogP contribution in [-0.2, 0) is 6.54 Å². The Kier molecular flexibility index (Phi) is 5.95. The van der Waals surface area contributed by atoms with Gasteiger partial charge in [0.25, 0.3) is 5.91 Å². The third kappa shape index (κ3) is 4.39. The number of ether oxygens (including phenoxy) is 2. The van der Waals surface area contributed by atoms with Crippen molar-refractivity contribution in [1.29, 1.82) is 0 Å². The predicted octanol–water partition coefficient (Wildman–Crippen LogP) is 2.17. The highest BCUT2D eigenvalue weighted by Gasteiger charge is 2.24. The highest BCUT2D eigenvalue weighted by Crippen LogP contribution is 2.28. The molecule has 0 unspecified atom stereocenters. The van der Waals surface area contributed by atoms with Gasteiger partial charge < -0.3 is 18.8 Å². The highest BCUT2D eigenvalue weighted by atomic mass is 16.5. The number of methoxy groups -OCH3 is 2. The molecule has 1 aromatic carbocycles. The van der Waals surface area contributed by atoms with Gasteiger partial charge >= 0.3 is 0 Å². The van der Waals surface area contributed by atoms with E-state index in [0.717, 1.165) is 13.1 Å². The fraction of sp³-hybridized carbons (Fsp3) is 0.526. The van der Waals surface area contributed by atoms with E-state index in [0.29, 0.717) is 48.5 Å². The topological polar surface area (TPSA) is 80.9 Å². The summed E-state index contributed by atoms with van der Waals surface area (Å²) < 4.78 is 16.2. The van der Waals surface area contributed by atoms with E-state index in [1.165, 1.54) is 0 Å². The van der Waals surface area contributed by atoms with Crippen molar-refractivity contribution in [1.82, 2.24) is 20.0 Å². The van der Waals surface area contributed by atoms with Crippen molar-refractivity contribution in [2.75, 3.05) is 40.4 Å². The first kappa shape index (κ1) is 19.2. The summed E-state index contributed by atoms with van der Waals surface area (Å²) in [7, 11) is 3.14. The van der Waals surface area contributed by atoms with Gasteiger partial charge in [-0.05, 0) is 18.2 Å². The van der Waals surface area contributed by atoms with Crippen LogP contribution in [0.3, 0.4) is 0 Å². The second kappa shape index (κ2) is 8.39. The maximum absolute atomic E-state index is 12.8. The van der Waals surface area contributed by atoms with Crippen LogP contribution >= 0.6 is 0 Å². The molecule has 0 N–H and O–H groups in total. The monoisotopic (exact) mass is 374 g/mol. The third-order valence-electron chi connectivity index (χ3n) is 4.63. The first-order valence-electron chi connectivity index (χ1n) is 9.07. The van der Waals surface area contributed by atoms with E-state index in [-0.39, 0.29) is 11.8 Å². The Morgan fingerprint density at radius 2 is 1.81 bits per heavy atom. The Hall–Kier alpha value is -2.61. The quantitative estimate of drug-likeness (QED) is 0.766. The third-order valence-corrected chi connectivity index (χ3v) is 4.63. The van der Waals surface area contributed by atoms with Gasteiger partial charge in [0.1, 0.15) is 0 Å². The van der Waals surface area contributed by atoms with E-state index in [1.807, 2.05) is 18.7 Å². The van der Waals surface area contributed by atoms with E-state index in [2.05, 4.69) is 15.1 Å². The summed E-state index contributed by atoms with van der Waals surface area (Å²) in [6, 6.07) is 5.24. The zero-order valence-corrected chi connectivity index (χ0v) is 16.3. The fourth-order valence-corrected chi connectivity index (χ4v) is 3.02. The molecule has 3 rings (SSSR count). The molecule has 0 saturated carbocycles. The summed E-state index contributed by atoms with van der Waals surface area (Å²) in [5.41, 5.74) is 0.597. The number of piperazine rings is 1. The number of carbonyl (C=O) groups is 1. The minimum atomic E-state index is -0.00418. The molecule has 0 spiro atoms. The second-order valence-electron chi connectivity index (χ2n) is 6.83. The number of hydrogen-bond acceptors (Lipinski definition) is 7. The fourth-order valence-electron chi connectivity index (χ4n) is 3.02. The molecule has 0 atom stereocenters. The molecule has 1 aliphatic rings. The van der Waals surface area contributed by atoms with Gasteiger partial charge in [-0.15, -0.1) is 10.2 Å². The Morgan fingerprint density at radius 1 is 1.11 bits per heavy atom. The summed E-state index contributed by atoms with van der Waals surface area (Å²) >= 11 is 0. The first-order chi connectivity index (χ1) is 13.0. The SMILES string of the molecule is COc1ccc(C(=O)N2CCN(Cc3nnc(C(C)C)o3)CC2)cc1OC. The average Bonchev–Trinajstić information content (AvgIpc) is 3.16. The van der Waals surface area contributed by atoms with Gasteiger partial charge in [-0.25, -0.2) is 0 Å². The van der Waals surface area contributed by atoms with Crippen LogP contribution in [0.5, 0.6) is 11.5 Å². The molecular weight excluding hydrogens is 348 g/mol. The minimum Gasteiger partial charge on any atom is -0.493 e. The van der Waals surface area contributed by atoms with Crippen molar-refractivity contribution in [2.45, 2.75) is 26.3 Å². The van der Waals surface area contributed by atoms with Crippen LogP contribution in [0.1, 0.15) is 41.9 Å². The van der Waals surface area contributed by atoms with Crippen LogP contribution in [0.15, 0.2) is 22.6 Å². The molecule has 0 aliphatic carbocycles. The molecule has 146 valence electrons. The number of hydrogen-bond donors (Lipinski definition) is 0. The van der Waals surface area contributed by atoms with Gasteiger partial charge in [0.05, 0.1) is 20.8 Å². The molecule has 27 heavy (non-hydrogen) atoms. The summed E-state index contributed by atoms with van der Waals surface area (Å²) in [5, 5.41) is 8.17. The van der Waals surface area contributed by atoms with Gasteiger partial charge in [-0.2, -0.15) is 0 Å². The molecule has 0 bridgehead atoms. The second-order valence-corrected chi connectivity index (χ2v) is 6.83. The number of benzene rings is 1. The largest absolute Gasteiger partial charge is 0.493 e. The van der Waals surface area contributed by atoms with Crippen LogP contribution in [0.25, 0.3) is 0 Å². The van der Waals surface area contributed by atoms with E-state index in [1.54, 1.807) is 32.4 Å². The molecular formula is C19H26N4O4. The maximum Gasteiger partial charge on any atom is 0.254 e. The molecule has 2 heterocycles. The molecule has 1 amide bonds. The Labute approximate surface area is 159 Å². The van der Waals surface area contributed by atoms with Gasteiger partial charge in [0.15, 0.2) is 11.5 Å². The van der Waals surface area contributed by atoms with Crippen molar-refractivity contribution in [3.05, 3.63) is 35.5 Å². The zero-order valence-electron chi connectivity index (χ0n) is 16.3. The number of carbonyl (C=O) groups excluding carboxylic acids is 1. The minimum absolute atomic E-state index is 0.00418. The number of amides is 1. The zero-order chi connectivity index (χ0) is 19.4. The summed E-state index contributed by atoms with van der Waals surface area (Å²) in [4.78, 5) is 16.9. The van der Waals surface area contributed by atoms with Crippen LogP contribution in [0, 0.1) is 0 Å². The predicted molar refractivity (Wildman–Crippen MR) is 99.1 cm³/mol. The molecule has 8 heteroatoms. The lowest BCUT2D eigenvalue weighted by atomic mass is 10.1. The summed E-state index contributed by atoms with van der Waals surface area (Å²) in [6.07, 6.45) is 0. The number of aromatic nitrogens is 2. The van der Waals surface area contributed by atoms with E-state index in [9.17, 15) is 4.79 Å². The van der Waals surface area contributed by atoms with Gasteiger partial charge in [0.2, 0.25) is 11.8 Å². The van der Waals surface area contributed by atoms with E-state index >= 15 is 0 Å². The van der Waals surface area contributed by atoms with Crippen molar-refractivity contribution < 1.29 is 18.7 Å². The average molecular weight is 374 g/mol. The summed E-state index contributed by atoms with van der Waals surface area (Å²) in [6.45, 7) is 7.48. The molecule has 1 aromatic heterocycles. The lowest BCUT2D eigenvalue weighted by Crippen LogP contribution is -2.48. The standard InChI is InChI=1S/C19H26N4O4/c1-13(2)18-21-20-17(27-18)12-22-7-9-23(10-8-22)19(24)14-5-6-15(25-3)16(11-14)26-4/h5-6,11,13H,7-10,12H2,1-4H3. The van der Waals surface area contributed by atoms with Crippen molar-refractivity contribution in [2.24, 2.45) is 0 Å². The summed E-state index contributed by atoms with van der Waals surface area (Å²) in [5.74, 6) is 2.67. The number of rotatable bonds is 6. The Bertz CT molecular complexity index is 782. The van der Waals surface area contributed by atoms with Crippen molar-refractivity contribution in [3.63, 3.8) is 0 Å². The molecule has 1 saturated heterocycles. The van der Waals surface area contributed by atoms with E-state index in [4.69, 9.17) is 13.9 Å². The normalized spacial score (nSPS) is 15.2. The smallest absolute Gasteiger partial charge is 0.254 e.